The van der Waals surface area contributed by atoms with Gasteiger partial charge < -0.3 is 0 Å². The van der Waals surface area contributed by atoms with E-state index in [0.717, 1.165) is 11.1 Å². The van der Waals surface area contributed by atoms with E-state index in [1.165, 1.54) is 46.1 Å². The summed E-state index contributed by atoms with van der Waals surface area (Å²) >= 11 is 1.37. The molecule has 1 nitrogen and oxygen atoms in total. The molecule has 146 valence electrons. The monoisotopic (exact) mass is 410 g/mol. The molecule has 0 radical (unpaired) electrons. The number of halogens is 1. The van der Waals surface area contributed by atoms with Gasteiger partial charge in [-0.15, -0.1) is 0 Å². The van der Waals surface area contributed by atoms with Crippen LogP contribution in [-0.4, -0.2) is 10.9 Å². The molecule has 0 bridgehead atoms. The average Bonchev–Trinajstić information content (AvgIpc) is 3.12. The molecule has 0 aliphatic heterocycles. The zero-order valence-electron chi connectivity index (χ0n) is 16.2. The van der Waals surface area contributed by atoms with Gasteiger partial charge in [0.15, 0.2) is 0 Å². The zero-order chi connectivity index (χ0) is 20.5. The predicted octanol–water partition coefficient (Wildman–Crippen LogP) is 7.18. The van der Waals surface area contributed by atoms with Gasteiger partial charge in [-0.3, -0.25) is 4.79 Å². The molecule has 0 N–H and O–H groups in total. The summed E-state index contributed by atoms with van der Waals surface area (Å²) in [6.07, 6.45) is 0. The molecule has 0 aromatic heterocycles. The molecular formula is C27H19FOS. The number of fused-ring (bicyclic) bond motifs is 3. The molecule has 0 fully saturated rings. The van der Waals surface area contributed by atoms with E-state index in [9.17, 15) is 9.18 Å². The highest BCUT2D eigenvalue weighted by Crippen LogP contribution is 2.46. The molecule has 0 atom stereocenters. The maximum atomic E-state index is 13.1. The maximum Gasteiger partial charge on any atom is 0.219 e. The van der Waals surface area contributed by atoms with Crippen LogP contribution in [-0.2, 0) is 0 Å². The highest BCUT2D eigenvalue weighted by molar-refractivity contribution is 8.14. The topological polar surface area (TPSA) is 17.1 Å². The molecule has 0 spiro atoms. The fourth-order valence-corrected chi connectivity index (χ4v) is 5.10. The first kappa shape index (κ1) is 18.8. The standard InChI is InChI=1S/C27H19FOS/c28-21-15-13-19(14-16-21)18-9-11-20(12-10-18)27(29)30-17-26-24-7-3-1-5-22(24)23-6-2-4-8-25(23)26/h1-16,26H,17H2. The van der Waals surface area contributed by atoms with Crippen LogP contribution in [0, 0.1) is 5.82 Å². The van der Waals surface area contributed by atoms with E-state index in [4.69, 9.17) is 0 Å². The summed E-state index contributed by atoms with van der Waals surface area (Å²) in [6.45, 7) is 0. The second kappa shape index (κ2) is 7.92. The molecular weight excluding hydrogens is 391 g/mol. The van der Waals surface area contributed by atoms with Gasteiger partial charge in [-0.1, -0.05) is 84.6 Å². The summed E-state index contributed by atoms with van der Waals surface area (Å²) in [6, 6.07) is 30.9. The van der Waals surface area contributed by atoms with Crippen molar-refractivity contribution >= 4 is 16.9 Å². The predicted molar refractivity (Wildman–Crippen MR) is 122 cm³/mol. The van der Waals surface area contributed by atoms with Gasteiger partial charge in [-0.05, 0) is 57.6 Å². The number of carbonyl (C=O) groups excluding carboxylic acids is 1. The Bertz CT molecular complexity index is 1170. The minimum absolute atomic E-state index is 0.0718. The third kappa shape index (κ3) is 3.46. The first-order chi connectivity index (χ1) is 14.7. The fraction of sp³-hybridized carbons (Fsp3) is 0.0741. The van der Waals surface area contributed by atoms with Crippen LogP contribution in [0.4, 0.5) is 4.39 Å². The number of thioether (sulfide) groups is 1. The number of carbonyl (C=O) groups is 1. The summed E-state index contributed by atoms with van der Waals surface area (Å²) < 4.78 is 13.1. The minimum Gasteiger partial charge on any atom is -0.282 e. The first-order valence-corrected chi connectivity index (χ1v) is 10.9. The lowest BCUT2D eigenvalue weighted by atomic mass is 9.99. The van der Waals surface area contributed by atoms with E-state index in [2.05, 4.69) is 48.5 Å². The molecule has 1 aliphatic carbocycles. The second-order valence-corrected chi connectivity index (χ2v) is 8.40. The van der Waals surface area contributed by atoms with E-state index < -0.39 is 0 Å². The summed E-state index contributed by atoms with van der Waals surface area (Å²) in [5, 5.41) is 0.0718. The lowest BCUT2D eigenvalue weighted by Crippen LogP contribution is -2.03. The Kier molecular flexibility index (Phi) is 4.97. The Morgan fingerprint density at radius 2 is 1.20 bits per heavy atom. The summed E-state index contributed by atoms with van der Waals surface area (Å²) in [5.74, 6) is 0.689. The van der Waals surface area contributed by atoms with Crippen molar-refractivity contribution in [2.45, 2.75) is 5.92 Å². The lowest BCUT2D eigenvalue weighted by Gasteiger charge is -2.13. The third-order valence-corrected chi connectivity index (χ3v) is 6.64. The molecule has 3 heteroatoms. The van der Waals surface area contributed by atoms with Gasteiger partial charge in [0, 0.05) is 17.2 Å². The third-order valence-electron chi connectivity index (χ3n) is 5.64. The molecule has 0 amide bonds. The normalized spacial score (nSPS) is 12.4. The van der Waals surface area contributed by atoms with E-state index >= 15 is 0 Å². The van der Waals surface area contributed by atoms with Crippen molar-refractivity contribution in [2.75, 3.05) is 5.75 Å². The van der Waals surface area contributed by atoms with Crippen molar-refractivity contribution in [2.24, 2.45) is 0 Å². The summed E-state index contributed by atoms with van der Waals surface area (Å²) in [4.78, 5) is 12.8. The van der Waals surface area contributed by atoms with Crippen molar-refractivity contribution in [1.82, 2.24) is 0 Å². The Balaban J connectivity index is 1.32. The van der Waals surface area contributed by atoms with E-state index in [-0.39, 0.29) is 16.9 Å². The van der Waals surface area contributed by atoms with Crippen LogP contribution in [0.3, 0.4) is 0 Å². The molecule has 0 heterocycles. The molecule has 30 heavy (non-hydrogen) atoms. The number of hydrogen-bond donors (Lipinski definition) is 0. The van der Waals surface area contributed by atoms with Crippen LogP contribution in [0.15, 0.2) is 97.1 Å². The Morgan fingerprint density at radius 3 is 1.77 bits per heavy atom. The molecule has 4 aromatic rings. The van der Waals surface area contributed by atoms with Crippen LogP contribution in [0.2, 0.25) is 0 Å². The van der Waals surface area contributed by atoms with Gasteiger partial charge in [0.25, 0.3) is 0 Å². The smallest absolute Gasteiger partial charge is 0.219 e. The molecule has 0 saturated heterocycles. The summed E-state index contributed by atoms with van der Waals surface area (Å²) in [7, 11) is 0. The Labute approximate surface area is 179 Å². The first-order valence-electron chi connectivity index (χ1n) is 9.92. The molecule has 5 rings (SSSR count). The quantitative estimate of drug-likeness (QED) is 0.354. The van der Waals surface area contributed by atoms with Crippen molar-refractivity contribution in [1.29, 1.82) is 0 Å². The van der Waals surface area contributed by atoms with Crippen LogP contribution in [0.25, 0.3) is 22.3 Å². The lowest BCUT2D eigenvalue weighted by molar-refractivity contribution is 0.108. The number of hydrogen-bond acceptors (Lipinski definition) is 2. The van der Waals surface area contributed by atoms with Crippen molar-refractivity contribution < 1.29 is 9.18 Å². The number of benzene rings is 4. The minimum atomic E-state index is -0.253. The largest absolute Gasteiger partial charge is 0.282 e. The van der Waals surface area contributed by atoms with Gasteiger partial charge in [0.1, 0.15) is 5.82 Å². The van der Waals surface area contributed by atoms with E-state index in [0.29, 0.717) is 11.3 Å². The van der Waals surface area contributed by atoms with Crippen molar-refractivity contribution in [3.05, 3.63) is 120 Å². The van der Waals surface area contributed by atoms with Gasteiger partial charge >= 0.3 is 0 Å². The van der Waals surface area contributed by atoms with Crippen LogP contribution < -0.4 is 0 Å². The van der Waals surface area contributed by atoms with Crippen molar-refractivity contribution in [3.8, 4) is 22.3 Å². The van der Waals surface area contributed by atoms with Crippen molar-refractivity contribution in [3.63, 3.8) is 0 Å². The zero-order valence-corrected chi connectivity index (χ0v) is 17.0. The molecule has 0 saturated carbocycles. The summed E-state index contributed by atoms with van der Waals surface area (Å²) in [5.41, 5.74) is 7.73. The van der Waals surface area contributed by atoms with Gasteiger partial charge in [0.2, 0.25) is 5.12 Å². The molecule has 4 aromatic carbocycles. The van der Waals surface area contributed by atoms with E-state index in [1.54, 1.807) is 12.1 Å². The fourth-order valence-electron chi connectivity index (χ4n) is 4.12. The molecule has 0 unspecified atom stereocenters. The Morgan fingerprint density at radius 1 is 0.700 bits per heavy atom. The van der Waals surface area contributed by atoms with Crippen LogP contribution in [0.5, 0.6) is 0 Å². The number of rotatable bonds is 4. The van der Waals surface area contributed by atoms with Crippen LogP contribution >= 0.6 is 11.8 Å². The SMILES string of the molecule is O=C(SCC1c2ccccc2-c2ccccc21)c1ccc(-c2ccc(F)cc2)cc1. The highest BCUT2D eigenvalue weighted by atomic mass is 32.2. The van der Waals surface area contributed by atoms with Crippen LogP contribution in [0.1, 0.15) is 27.4 Å². The highest BCUT2D eigenvalue weighted by Gasteiger charge is 2.28. The maximum absolute atomic E-state index is 13.1. The average molecular weight is 411 g/mol. The van der Waals surface area contributed by atoms with Gasteiger partial charge in [-0.25, -0.2) is 4.39 Å². The molecule has 1 aliphatic rings. The van der Waals surface area contributed by atoms with Gasteiger partial charge in [0.05, 0.1) is 0 Å². The van der Waals surface area contributed by atoms with Gasteiger partial charge in [-0.2, -0.15) is 0 Å². The van der Waals surface area contributed by atoms with E-state index in [1.807, 2.05) is 24.3 Å². The Hall–Kier alpha value is -3.17. The second-order valence-electron chi connectivity index (χ2n) is 7.41.